The number of carbonyl (C=O) groups is 2. The predicted molar refractivity (Wildman–Crippen MR) is 56.4 cm³/mol. The normalized spacial score (nSPS) is 13.5. The van der Waals surface area contributed by atoms with Gasteiger partial charge in [-0.1, -0.05) is 24.3 Å². The van der Waals surface area contributed by atoms with Crippen LogP contribution < -0.4 is 5.73 Å². The molecule has 0 bridgehead atoms. The zero-order chi connectivity index (χ0) is 11.3. The molecule has 0 aliphatic heterocycles. The summed E-state index contributed by atoms with van der Waals surface area (Å²) in [5.74, 6) is -0.500. The van der Waals surface area contributed by atoms with Gasteiger partial charge in [0.05, 0.1) is 11.3 Å². The van der Waals surface area contributed by atoms with E-state index in [1.54, 1.807) is 24.3 Å². The van der Waals surface area contributed by atoms with Gasteiger partial charge in [0.1, 0.15) is 6.26 Å². The third-order valence-corrected chi connectivity index (χ3v) is 2.67. The SMILES string of the molecule is Nc1coc2c1C(=O)c1ccccc1C2=O. The molecule has 0 amide bonds. The van der Waals surface area contributed by atoms with Gasteiger partial charge < -0.3 is 10.2 Å². The van der Waals surface area contributed by atoms with Crippen LogP contribution in [0.15, 0.2) is 34.9 Å². The van der Waals surface area contributed by atoms with Crippen molar-refractivity contribution in [1.82, 2.24) is 0 Å². The Morgan fingerprint density at radius 1 is 1.00 bits per heavy atom. The number of hydrogen-bond acceptors (Lipinski definition) is 4. The third kappa shape index (κ3) is 0.930. The molecular weight excluding hydrogens is 206 g/mol. The van der Waals surface area contributed by atoms with E-state index < -0.39 is 0 Å². The lowest BCUT2D eigenvalue weighted by Crippen LogP contribution is -2.19. The average molecular weight is 213 g/mol. The van der Waals surface area contributed by atoms with E-state index in [2.05, 4.69) is 0 Å². The molecule has 0 saturated heterocycles. The molecule has 0 atom stereocenters. The van der Waals surface area contributed by atoms with Crippen molar-refractivity contribution < 1.29 is 14.0 Å². The number of ketones is 2. The van der Waals surface area contributed by atoms with Gasteiger partial charge in [-0.3, -0.25) is 9.59 Å². The second-order valence-electron chi connectivity index (χ2n) is 3.60. The summed E-state index contributed by atoms with van der Waals surface area (Å²) in [4.78, 5) is 24.0. The first-order valence-corrected chi connectivity index (χ1v) is 4.75. The Morgan fingerprint density at radius 3 is 2.31 bits per heavy atom. The number of anilines is 1. The van der Waals surface area contributed by atoms with Crippen molar-refractivity contribution in [3.8, 4) is 0 Å². The predicted octanol–water partition coefficient (Wildman–Crippen LogP) is 1.64. The highest BCUT2D eigenvalue weighted by Crippen LogP contribution is 2.31. The first-order chi connectivity index (χ1) is 7.70. The van der Waals surface area contributed by atoms with Crippen LogP contribution in [0.2, 0.25) is 0 Å². The van der Waals surface area contributed by atoms with Crippen LogP contribution in [0.4, 0.5) is 5.69 Å². The number of nitrogens with two attached hydrogens (primary N) is 1. The van der Waals surface area contributed by atoms with Crippen LogP contribution in [0.5, 0.6) is 0 Å². The van der Waals surface area contributed by atoms with Gasteiger partial charge >= 0.3 is 0 Å². The number of benzene rings is 1. The average Bonchev–Trinajstić information content (AvgIpc) is 2.69. The summed E-state index contributed by atoms with van der Waals surface area (Å²) < 4.78 is 5.03. The Morgan fingerprint density at radius 2 is 1.62 bits per heavy atom. The summed E-state index contributed by atoms with van der Waals surface area (Å²) in [6, 6.07) is 6.65. The molecule has 1 aliphatic carbocycles. The van der Waals surface area contributed by atoms with Crippen LogP contribution in [0.25, 0.3) is 0 Å². The van der Waals surface area contributed by atoms with Crippen LogP contribution in [-0.2, 0) is 0 Å². The van der Waals surface area contributed by atoms with E-state index in [1.807, 2.05) is 0 Å². The van der Waals surface area contributed by atoms with Crippen molar-refractivity contribution >= 4 is 17.3 Å². The summed E-state index contributed by atoms with van der Waals surface area (Å²) in [5.41, 5.74) is 6.75. The summed E-state index contributed by atoms with van der Waals surface area (Å²) in [5, 5.41) is 0. The van der Waals surface area contributed by atoms with E-state index in [1.165, 1.54) is 6.26 Å². The van der Waals surface area contributed by atoms with Crippen molar-refractivity contribution in [2.24, 2.45) is 0 Å². The van der Waals surface area contributed by atoms with Crippen LogP contribution in [0, 0.1) is 0 Å². The Bertz CT molecular complexity index is 625. The second kappa shape index (κ2) is 2.82. The minimum atomic E-state index is -0.290. The highest BCUT2D eigenvalue weighted by molar-refractivity contribution is 6.29. The number of hydrogen-bond donors (Lipinski definition) is 1. The number of furan rings is 1. The van der Waals surface area contributed by atoms with Crippen molar-refractivity contribution in [2.75, 3.05) is 5.73 Å². The van der Waals surface area contributed by atoms with Crippen LogP contribution >= 0.6 is 0 Å². The maximum atomic E-state index is 12.0. The molecule has 0 saturated carbocycles. The van der Waals surface area contributed by atoms with Gasteiger partial charge in [-0.15, -0.1) is 0 Å². The molecule has 1 aromatic heterocycles. The molecule has 1 aromatic carbocycles. The number of carbonyl (C=O) groups excluding carboxylic acids is 2. The second-order valence-corrected chi connectivity index (χ2v) is 3.60. The van der Waals surface area contributed by atoms with Crippen LogP contribution in [0.1, 0.15) is 32.0 Å². The van der Waals surface area contributed by atoms with E-state index in [9.17, 15) is 9.59 Å². The molecule has 1 heterocycles. The molecule has 2 aromatic rings. The van der Waals surface area contributed by atoms with E-state index in [0.717, 1.165) is 0 Å². The van der Waals surface area contributed by atoms with Crippen LogP contribution in [0.3, 0.4) is 0 Å². The van der Waals surface area contributed by atoms with Gasteiger partial charge in [0, 0.05) is 11.1 Å². The standard InChI is InChI=1S/C12H7NO3/c13-8-5-16-12-9(8)10(14)6-3-1-2-4-7(6)11(12)15/h1-5H,13H2. The Balaban J connectivity index is 2.36. The van der Waals surface area contributed by atoms with Gasteiger partial charge in [-0.25, -0.2) is 0 Å². The first kappa shape index (κ1) is 8.91. The first-order valence-electron chi connectivity index (χ1n) is 4.75. The molecule has 4 nitrogen and oxygen atoms in total. The smallest absolute Gasteiger partial charge is 0.229 e. The Labute approximate surface area is 90.7 Å². The van der Waals surface area contributed by atoms with Crippen molar-refractivity contribution in [3.63, 3.8) is 0 Å². The molecule has 78 valence electrons. The minimum absolute atomic E-state index is 0.0428. The highest BCUT2D eigenvalue weighted by atomic mass is 16.3. The number of fused-ring (bicyclic) bond motifs is 2. The topological polar surface area (TPSA) is 73.3 Å². The van der Waals surface area contributed by atoms with Crippen molar-refractivity contribution in [3.05, 3.63) is 53.0 Å². The molecule has 2 N–H and O–H groups in total. The zero-order valence-electron chi connectivity index (χ0n) is 8.19. The minimum Gasteiger partial charge on any atom is -0.458 e. The molecule has 0 unspecified atom stereocenters. The molecular formula is C12H7NO3. The molecule has 16 heavy (non-hydrogen) atoms. The maximum absolute atomic E-state index is 12.0. The Kier molecular flexibility index (Phi) is 1.57. The van der Waals surface area contributed by atoms with Gasteiger partial charge in [0.25, 0.3) is 0 Å². The molecule has 4 heteroatoms. The van der Waals surface area contributed by atoms with E-state index >= 15 is 0 Å². The largest absolute Gasteiger partial charge is 0.458 e. The molecule has 0 fully saturated rings. The van der Waals surface area contributed by atoms with E-state index in [4.69, 9.17) is 10.2 Å². The van der Waals surface area contributed by atoms with E-state index in [-0.39, 0.29) is 28.6 Å². The number of nitrogen functional groups attached to an aromatic ring is 1. The monoisotopic (exact) mass is 213 g/mol. The lowest BCUT2D eigenvalue weighted by atomic mass is 9.88. The fourth-order valence-electron chi connectivity index (χ4n) is 1.91. The fraction of sp³-hybridized carbons (Fsp3) is 0. The fourth-order valence-corrected chi connectivity index (χ4v) is 1.91. The molecule has 0 radical (unpaired) electrons. The molecule has 3 rings (SSSR count). The lowest BCUT2D eigenvalue weighted by Gasteiger charge is -2.12. The maximum Gasteiger partial charge on any atom is 0.229 e. The summed E-state index contributed by atoms with van der Waals surface area (Å²) in [7, 11) is 0. The van der Waals surface area contributed by atoms with Gasteiger partial charge in [-0.05, 0) is 0 Å². The van der Waals surface area contributed by atoms with Crippen molar-refractivity contribution in [1.29, 1.82) is 0 Å². The van der Waals surface area contributed by atoms with Crippen LogP contribution in [-0.4, -0.2) is 11.6 Å². The Hall–Kier alpha value is -2.36. The summed E-state index contributed by atoms with van der Waals surface area (Å²) in [6.45, 7) is 0. The summed E-state index contributed by atoms with van der Waals surface area (Å²) >= 11 is 0. The molecule has 1 aliphatic rings. The van der Waals surface area contributed by atoms with Gasteiger partial charge in [-0.2, -0.15) is 0 Å². The van der Waals surface area contributed by atoms with E-state index in [0.29, 0.717) is 11.1 Å². The van der Waals surface area contributed by atoms with Gasteiger partial charge in [0.15, 0.2) is 11.5 Å². The quantitative estimate of drug-likeness (QED) is 0.616. The van der Waals surface area contributed by atoms with Crippen molar-refractivity contribution in [2.45, 2.75) is 0 Å². The number of rotatable bonds is 0. The molecule has 0 spiro atoms. The lowest BCUT2D eigenvalue weighted by molar-refractivity contribution is 0.0960. The third-order valence-electron chi connectivity index (χ3n) is 2.67. The highest BCUT2D eigenvalue weighted by Gasteiger charge is 2.34. The summed E-state index contributed by atoms with van der Waals surface area (Å²) in [6.07, 6.45) is 1.23. The van der Waals surface area contributed by atoms with Gasteiger partial charge in [0.2, 0.25) is 5.78 Å². The zero-order valence-corrected chi connectivity index (χ0v) is 8.19.